The molecular weight excluding hydrogens is 313 g/mol. The van der Waals surface area contributed by atoms with Crippen LogP contribution < -0.4 is 11.1 Å². The van der Waals surface area contributed by atoms with Gasteiger partial charge in [-0.3, -0.25) is 0 Å². The molecule has 3 aromatic rings. The standard InChI is InChI=1S/C12H9BrFN5/c13-8-5-7(1-2-9(8)14)17-11-12-16-3-4-19(12)6-10(15)18-11/h1-6H,15H2,(H,17,18). The molecule has 0 saturated carbocycles. The molecule has 0 fully saturated rings. The van der Waals surface area contributed by atoms with Crippen molar-refractivity contribution < 1.29 is 4.39 Å². The zero-order chi connectivity index (χ0) is 13.4. The molecule has 7 heteroatoms. The summed E-state index contributed by atoms with van der Waals surface area (Å²) in [7, 11) is 0. The maximum atomic E-state index is 13.2. The minimum absolute atomic E-state index is 0.322. The summed E-state index contributed by atoms with van der Waals surface area (Å²) in [5.74, 6) is 0.565. The van der Waals surface area contributed by atoms with Gasteiger partial charge in [0.2, 0.25) is 0 Å². The zero-order valence-electron chi connectivity index (χ0n) is 9.64. The van der Waals surface area contributed by atoms with Crippen LogP contribution in [0, 0.1) is 5.82 Å². The summed E-state index contributed by atoms with van der Waals surface area (Å²) < 4.78 is 15.3. The number of nitrogens with two attached hydrogens (primary N) is 1. The van der Waals surface area contributed by atoms with Crippen molar-refractivity contribution in [3.63, 3.8) is 0 Å². The Morgan fingerprint density at radius 2 is 2.21 bits per heavy atom. The topological polar surface area (TPSA) is 68.2 Å². The molecule has 0 aliphatic rings. The summed E-state index contributed by atoms with van der Waals surface area (Å²) >= 11 is 3.14. The molecule has 2 aromatic heterocycles. The molecule has 2 heterocycles. The molecule has 1 aromatic carbocycles. The van der Waals surface area contributed by atoms with E-state index in [0.717, 1.165) is 0 Å². The molecule has 5 nitrogen and oxygen atoms in total. The van der Waals surface area contributed by atoms with Gasteiger partial charge in [0.1, 0.15) is 11.6 Å². The van der Waals surface area contributed by atoms with Crippen LogP contribution in [0.25, 0.3) is 5.65 Å². The first-order chi connectivity index (χ1) is 9.13. The fourth-order valence-electron chi connectivity index (χ4n) is 1.75. The lowest BCUT2D eigenvalue weighted by Crippen LogP contribution is -2.02. The van der Waals surface area contributed by atoms with Crippen LogP contribution in [0.15, 0.2) is 41.3 Å². The van der Waals surface area contributed by atoms with Crippen molar-refractivity contribution in [1.82, 2.24) is 14.4 Å². The van der Waals surface area contributed by atoms with E-state index in [1.165, 1.54) is 6.07 Å². The fourth-order valence-corrected chi connectivity index (χ4v) is 2.12. The van der Waals surface area contributed by atoms with E-state index in [9.17, 15) is 4.39 Å². The number of nitrogen functional groups attached to an aromatic ring is 1. The highest BCUT2D eigenvalue weighted by Crippen LogP contribution is 2.24. The van der Waals surface area contributed by atoms with E-state index in [1.807, 2.05) is 0 Å². The monoisotopic (exact) mass is 321 g/mol. The molecule has 19 heavy (non-hydrogen) atoms. The van der Waals surface area contributed by atoms with Gasteiger partial charge in [-0.2, -0.15) is 0 Å². The molecular formula is C12H9BrFN5. The predicted molar refractivity (Wildman–Crippen MR) is 74.8 cm³/mol. The molecule has 0 aliphatic heterocycles. The number of nitrogens with one attached hydrogen (secondary N) is 1. The first-order valence-corrected chi connectivity index (χ1v) is 6.24. The van der Waals surface area contributed by atoms with Crippen molar-refractivity contribution in [1.29, 1.82) is 0 Å². The highest BCUT2D eigenvalue weighted by Gasteiger charge is 2.07. The van der Waals surface area contributed by atoms with Crippen molar-refractivity contribution in [2.45, 2.75) is 0 Å². The van der Waals surface area contributed by atoms with Gasteiger partial charge in [-0.15, -0.1) is 0 Å². The van der Waals surface area contributed by atoms with Crippen molar-refractivity contribution in [3.05, 3.63) is 47.1 Å². The van der Waals surface area contributed by atoms with Gasteiger partial charge < -0.3 is 15.5 Å². The maximum absolute atomic E-state index is 13.2. The first-order valence-electron chi connectivity index (χ1n) is 5.45. The molecule has 96 valence electrons. The molecule has 3 N–H and O–H groups in total. The lowest BCUT2D eigenvalue weighted by molar-refractivity contribution is 0.621. The molecule has 0 atom stereocenters. The van der Waals surface area contributed by atoms with Gasteiger partial charge in [0.05, 0.1) is 10.7 Å². The average molecular weight is 322 g/mol. The number of hydrogen-bond acceptors (Lipinski definition) is 4. The van der Waals surface area contributed by atoms with E-state index >= 15 is 0 Å². The number of benzene rings is 1. The molecule has 0 spiro atoms. The smallest absolute Gasteiger partial charge is 0.180 e. The molecule has 0 radical (unpaired) electrons. The van der Waals surface area contributed by atoms with E-state index in [0.29, 0.717) is 27.4 Å². The maximum Gasteiger partial charge on any atom is 0.180 e. The van der Waals surface area contributed by atoms with Crippen LogP contribution in [-0.4, -0.2) is 14.4 Å². The number of imidazole rings is 1. The van der Waals surface area contributed by atoms with Gasteiger partial charge in [-0.25, -0.2) is 14.4 Å². The van der Waals surface area contributed by atoms with E-state index < -0.39 is 0 Å². The van der Waals surface area contributed by atoms with Crippen molar-refractivity contribution in [2.75, 3.05) is 11.1 Å². The molecule has 0 saturated heterocycles. The fraction of sp³-hybridized carbons (Fsp3) is 0. The minimum Gasteiger partial charge on any atom is -0.382 e. The molecule has 0 unspecified atom stereocenters. The van der Waals surface area contributed by atoms with Gasteiger partial charge >= 0.3 is 0 Å². The largest absolute Gasteiger partial charge is 0.382 e. The SMILES string of the molecule is Nc1cn2ccnc2c(Nc2ccc(F)c(Br)c2)n1. The lowest BCUT2D eigenvalue weighted by Gasteiger charge is -2.08. The number of halogens is 2. The number of anilines is 3. The summed E-state index contributed by atoms with van der Waals surface area (Å²) in [6.45, 7) is 0. The third-order valence-corrected chi connectivity index (χ3v) is 3.18. The van der Waals surface area contributed by atoms with Gasteiger partial charge in [0, 0.05) is 18.1 Å². The second kappa shape index (κ2) is 4.51. The Hall–Kier alpha value is -2.15. The van der Waals surface area contributed by atoms with Crippen LogP contribution in [0.2, 0.25) is 0 Å². The Labute approximate surface area is 116 Å². The molecule has 3 rings (SSSR count). The van der Waals surface area contributed by atoms with Crippen molar-refractivity contribution in [2.24, 2.45) is 0 Å². The quantitative estimate of drug-likeness (QED) is 0.761. The van der Waals surface area contributed by atoms with Crippen LogP contribution in [0.3, 0.4) is 0 Å². The Balaban J connectivity index is 2.04. The van der Waals surface area contributed by atoms with E-state index in [-0.39, 0.29) is 5.82 Å². The number of nitrogens with zero attached hydrogens (tertiary/aromatic N) is 3. The lowest BCUT2D eigenvalue weighted by atomic mass is 10.3. The summed E-state index contributed by atoms with van der Waals surface area (Å²) in [6, 6.07) is 4.60. The third-order valence-electron chi connectivity index (χ3n) is 2.58. The molecule has 0 bridgehead atoms. The van der Waals surface area contributed by atoms with Crippen LogP contribution in [0.1, 0.15) is 0 Å². The van der Waals surface area contributed by atoms with Crippen molar-refractivity contribution in [3.8, 4) is 0 Å². The molecule has 0 aliphatic carbocycles. The normalized spacial score (nSPS) is 10.8. The Kier molecular flexibility index (Phi) is 2.83. The summed E-state index contributed by atoms with van der Waals surface area (Å²) in [4.78, 5) is 8.39. The molecule has 0 amide bonds. The Bertz CT molecular complexity index is 755. The number of rotatable bonds is 2. The average Bonchev–Trinajstić information content (AvgIpc) is 2.82. The van der Waals surface area contributed by atoms with Crippen LogP contribution in [0.4, 0.5) is 21.7 Å². The van der Waals surface area contributed by atoms with Gasteiger partial charge in [-0.05, 0) is 34.1 Å². The Morgan fingerprint density at radius 3 is 3.00 bits per heavy atom. The highest BCUT2D eigenvalue weighted by atomic mass is 79.9. The second-order valence-corrected chi connectivity index (χ2v) is 4.78. The van der Waals surface area contributed by atoms with E-state index in [2.05, 4.69) is 31.2 Å². The first kappa shape index (κ1) is 11.9. The van der Waals surface area contributed by atoms with Crippen LogP contribution >= 0.6 is 15.9 Å². The predicted octanol–water partition coefficient (Wildman–Crippen LogP) is 2.96. The van der Waals surface area contributed by atoms with Gasteiger partial charge in [-0.1, -0.05) is 0 Å². The summed E-state index contributed by atoms with van der Waals surface area (Å²) in [6.07, 6.45) is 5.11. The Morgan fingerprint density at radius 1 is 1.37 bits per heavy atom. The summed E-state index contributed by atoms with van der Waals surface area (Å²) in [5.41, 5.74) is 7.06. The second-order valence-electron chi connectivity index (χ2n) is 3.93. The minimum atomic E-state index is -0.322. The summed E-state index contributed by atoms with van der Waals surface area (Å²) in [5, 5.41) is 3.07. The van der Waals surface area contributed by atoms with E-state index in [4.69, 9.17) is 5.73 Å². The van der Waals surface area contributed by atoms with E-state index in [1.54, 1.807) is 35.1 Å². The van der Waals surface area contributed by atoms with Gasteiger partial charge in [0.25, 0.3) is 0 Å². The third kappa shape index (κ3) is 2.24. The number of aromatic nitrogens is 3. The van der Waals surface area contributed by atoms with Crippen LogP contribution in [0.5, 0.6) is 0 Å². The highest BCUT2D eigenvalue weighted by molar-refractivity contribution is 9.10. The van der Waals surface area contributed by atoms with Crippen LogP contribution in [-0.2, 0) is 0 Å². The number of hydrogen-bond donors (Lipinski definition) is 2. The van der Waals surface area contributed by atoms with Gasteiger partial charge in [0.15, 0.2) is 11.5 Å². The number of fused-ring (bicyclic) bond motifs is 1. The van der Waals surface area contributed by atoms with Crippen molar-refractivity contribution >= 4 is 38.9 Å². The zero-order valence-corrected chi connectivity index (χ0v) is 11.2.